The Balaban J connectivity index is 1.55. The van der Waals surface area contributed by atoms with E-state index >= 15 is 0 Å². The predicted octanol–water partition coefficient (Wildman–Crippen LogP) is 2.66. The summed E-state index contributed by atoms with van der Waals surface area (Å²) in [6.45, 7) is -1.49. The van der Waals surface area contributed by atoms with E-state index in [1.54, 1.807) is 18.2 Å². The van der Waals surface area contributed by atoms with E-state index in [0.29, 0.717) is 10.5 Å². The highest BCUT2D eigenvalue weighted by Crippen LogP contribution is 2.55. The highest BCUT2D eigenvalue weighted by molar-refractivity contribution is 7.49. The summed E-state index contributed by atoms with van der Waals surface area (Å²) in [5.41, 5.74) is -2.48. The van der Waals surface area contributed by atoms with Crippen LogP contribution in [-0.2, 0) is 34.5 Å². The number of phosphoric ester groups is 1. The van der Waals surface area contributed by atoms with Crippen LogP contribution in [0.5, 0.6) is 5.75 Å². The largest absolute Gasteiger partial charge is 0.530 e. The maximum Gasteiger partial charge on any atom is 0.530 e. The SMILES string of the molecule is O=C1CC(=O)N([C@@H]2O[C@@](COP3(=O)OCc4ccccc4O3)(C(F)F)[C@@H](O)[C@H]2F)C=C1Cl. The number of aliphatic hydroxyl groups excluding tert-OH is 1. The fraction of sp³-hybridized carbons (Fsp3) is 0.444. The number of ketones is 1. The van der Waals surface area contributed by atoms with Gasteiger partial charge in [-0.05, 0) is 6.07 Å². The molecule has 3 heterocycles. The Bertz CT molecular complexity index is 1030. The lowest BCUT2D eigenvalue weighted by molar-refractivity contribution is -0.201. The average Bonchev–Trinajstić information content (AvgIpc) is 3.01. The zero-order valence-corrected chi connectivity index (χ0v) is 17.7. The first-order valence-electron chi connectivity index (χ1n) is 9.23. The fourth-order valence-electron chi connectivity index (χ4n) is 3.40. The minimum Gasteiger partial charge on any atom is -0.404 e. The minimum atomic E-state index is -4.41. The molecule has 0 bridgehead atoms. The molecule has 1 saturated heterocycles. The number of alkyl halides is 3. The van der Waals surface area contributed by atoms with E-state index in [1.165, 1.54) is 6.07 Å². The van der Waals surface area contributed by atoms with Crippen LogP contribution in [0.15, 0.2) is 35.5 Å². The zero-order valence-electron chi connectivity index (χ0n) is 16.0. The van der Waals surface area contributed by atoms with Crippen molar-refractivity contribution in [2.75, 3.05) is 6.61 Å². The van der Waals surface area contributed by atoms with Crippen LogP contribution in [0, 0.1) is 0 Å². The first-order valence-corrected chi connectivity index (χ1v) is 11.1. The molecule has 5 atom stereocenters. The standard InChI is InChI=1S/C18H16ClF3NO8P/c19-10-6-23(13(25)5-11(10)24)16-14(20)15(26)18(30-16,17(21)22)8-29-32(27)28-7-9-3-1-2-4-12(9)31-32/h1-4,6,14-17,26H,5,7-8H2/t14-,15+,16-,18-,32?/m1/s1. The number of hydrogen-bond donors (Lipinski definition) is 1. The normalized spacial score (nSPS) is 35.0. The summed E-state index contributed by atoms with van der Waals surface area (Å²) in [5.74, 6) is -1.56. The lowest BCUT2D eigenvalue weighted by Crippen LogP contribution is -2.52. The molecule has 0 spiro atoms. The molecule has 3 aliphatic rings. The molecule has 4 rings (SSSR count). The van der Waals surface area contributed by atoms with E-state index in [2.05, 4.69) is 0 Å². The number of ether oxygens (including phenoxy) is 1. The second kappa shape index (κ2) is 8.44. The van der Waals surface area contributed by atoms with Crippen molar-refractivity contribution in [1.29, 1.82) is 0 Å². The van der Waals surface area contributed by atoms with Gasteiger partial charge in [-0.2, -0.15) is 0 Å². The van der Waals surface area contributed by atoms with Crippen molar-refractivity contribution in [3.05, 3.63) is 41.1 Å². The van der Waals surface area contributed by atoms with Crippen LogP contribution < -0.4 is 4.52 Å². The number of hydrogen-bond acceptors (Lipinski definition) is 8. The molecule has 1 amide bonds. The number of phosphoric acid groups is 1. The van der Waals surface area contributed by atoms with Crippen LogP contribution >= 0.6 is 19.4 Å². The van der Waals surface area contributed by atoms with Crippen molar-refractivity contribution in [3.63, 3.8) is 0 Å². The molecule has 32 heavy (non-hydrogen) atoms. The fourth-order valence-corrected chi connectivity index (χ4v) is 4.83. The third-order valence-corrected chi connectivity index (χ3v) is 6.81. The van der Waals surface area contributed by atoms with Gasteiger partial charge in [-0.3, -0.25) is 23.5 Å². The summed E-state index contributed by atoms with van der Waals surface area (Å²) < 4.78 is 75.9. The van der Waals surface area contributed by atoms with Crippen LogP contribution in [-0.4, -0.2) is 58.8 Å². The van der Waals surface area contributed by atoms with Crippen LogP contribution in [0.2, 0.25) is 0 Å². The molecule has 1 aromatic carbocycles. The molecule has 1 fully saturated rings. The molecule has 0 radical (unpaired) electrons. The van der Waals surface area contributed by atoms with Gasteiger partial charge in [0.2, 0.25) is 5.91 Å². The summed E-state index contributed by atoms with van der Waals surface area (Å²) in [4.78, 5) is 24.2. The summed E-state index contributed by atoms with van der Waals surface area (Å²) in [7, 11) is -4.41. The van der Waals surface area contributed by atoms with Crippen LogP contribution in [0.25, 0.3) is 0 Å². The molecular formula is C18H16ClF3NO8P. The summed E-state index contributed by atoms with van der Waals surface area (Å²) in [5, 5.41) is 9.83. The third-order valence-electron chi connectivity index (χ3n) is 5.19. The molecule has 0 aromatic heterocycles. The quantitative estimate of drug-likeness (QED) is 0.488. The number of halogens is 4. The van der Waals surface area contributed by atoms with Gasteiger partial charge in [0.25, 0.3) is 6.43 Å². The number of benzene rings is 1. The van der Waals surface area contributed by atoms with Gasteiger partial charge in [-0.15, -0.1) is 0 Å². The Morgan fingerprint density at radius 2 is 2.06 bits per heavy atom. The number of Topliss-reactive ketones (excluding diaryl/α,β-unsaturated/α-hetero) is 1. The highest BCUT2D eigenvalue weighted by Gasteiger charge is 2.63. The molecule has 174 valence electrons. The van der Waals surface area contributed by atoms with Gasteiger partial charge in [-0.25, -0.2) is 17.7 Å². The molecule has 3 aliphatic heterocycles. The minimum absolute atomic E-state index is 0.144. The van der Waals surface area contributed by atoms with Crippen molar-refractivity contribution in [3.8, 4) is 5.75 Å². The maximum atomic E-state index is 14.8. The van der Waals surface area contributed by atoms with Gasteiger partial charge < -0.3 is 14.4 Å². The number of fused-ring (bicyclic) bond motifs is 1. The lowest BCUT2D eigenvalue weighted by Gasteiger charge is -2.34. The number of para-hydroxylation sites is 1. The Morgan fingerprint density at radius 3 is 2.78 bits per heavy atom. The van der Waals surface area contributed by atoms with Gasteiger partial charge in [0.05, 0.1) is 19.6 Å². The van der Waals surface area contributed by atoms with E-state index in [0.717, 1.165) is 6.20 Å². The monoisotopic (exact) mass is 497 g/mol. The molecule has 9 nitrogen and oxygen atoms in total. The summed E-state index contributed by atoms with van der Waals surface area (Å²) in [6.07, 6.45) is -10.6. The van der Waals surface area contributed by atoms with Crippen LogP contribution in [0.3, 0.4) is 0 Å². The van der Waals surface area contributed by atoms with Crippen LogP contribution in [0.1, 0.15) is 12.0 Å². The number of nitrogens with zero attached hydrogens (tertiary/aromatic N) is 1. The van der Waals surface area contributed by atoms with E-state index in [4.69, 9.17) is 29.9 Å². The van der Waals surface area contributed by atoms with Crippen molar-refractivity contribution in [2.24, 2.45) is 0 Å². The number of carbonyl (C=O) groups excluding carboxylic acids is 2. The number of allylic oxidation sites excluding steroid dienone is 1. The maximum absolute atomic E-state index is 14.8. The van der Waals surface area contributed by atoms with E-state index in [-0.39, 0.29) is 12.4 Å². The van der Waals surface area contributed by atoms with Gasteiger partial charge in [0.15, 0.2) is 23.8 Å². The Morgan fingerprint density at radius 1 is 1.34 bits per heavy atom. The lowest BCUT2D eigenvalue weighted by atomic mass is 9.97. The predicted molar refractivity (Wildman–Crippen MR) is 100 cm³/mol. The van der Waals surface area contributed by atoms with Gasteiger partial charge in [0.1, 0.15) is 16.9 Å². The number of aliphatic hydroxyl groups is 1. The number of rotatable bonds is 5. The number of carbonyl (C=O) groups is 2. The van der Waals surface area contributed by atoms with Crippen molar-refractivity contribution in [1.82, 2.24) is 4.90 Å². The van der Waals surface area contributed by atoms with Gasteiger partial charge in [0, 0.05) is 11.8 Å². The molecule has 1 N–H and O–H groups in total. The third kappa shape index (κ3) is 3.95. The molecule has 0 saturated carbocycles. The van der Waals surface area contributed by atoms with E-state index in [9.17, 15) is 32.4 Å². The van der Waals surface area contributed by atoms with Gasteiger partial charge in [-0.1, -0.05) is 29.8 Å². The van der Waals surface area contributed by atoms with Crippen molar-refractivity contribution in [2.45, 2.75) is 43.6 Å². The number of amides is 1. The molecule has 1 aromatic rings. The average molecular weight is 498 g/mol. The topological polar surface area (TPSA) is 112 Å². The van der Waals surface area contributed by atoms with E-state index in [1.807, 2.05) is 0 Å². The smallest absolute Gasteiger partial charge is 0.404 e. The zero-order chi connectivity index (χ0) is 23.3. The molecule has 1 unspecified atom stereocenters. The second-order valence-electron chi connectivity index (χ2n) is 7.22. The summed E-state index contributed by atoms with van der Waals surface area (Å²) in [6, 6.07) is 6.34. The highest BCUT2D eigenvalue weighted by atomic mass is 35.5. The first kappa shape index (κ1) is 23.2. The van der Waals surface area contributed by atoms with Crippen molar-refractivity contribution >= 4 is 31.1 Å². The van der Waals surface area contributed by atoms with Crippen LogP contribution in [0.4, 0.5) is 13.2 Å². The second-order valence-corrected chi connectivity index (χ2v) is 9.23. The summed E-state index contributed by atoms with van der Waals surface area (Å²) >= 11 is 5.68. The Labute approximate surface area is 184 Å². The molecule has 0 aliphatic carbocycles. The first-order chi connectivity index (χ1) is 15.1. The van der Waals surface area contributed by atoms with Crippen molar-refractivity contribution < 1.29 is 50.7 Å². The van der Waals surface area contributed by atoms with Gasteiger partial charge >= 0.3 is 7.82 Å². The molecule has 14 heteroatoms. The Kier molecular flexibility index (Phi) is 6.12. The van der Waals surface area contributed by atoms with E-state index < -0.39 is 68.1 Å². The molecular weight excluding hydrogens is 482 g/mol. The Hall–Kier alpha value is -1.95.